The van der Waals surface area contributed by atoms with Gasteiger partial charge in [0.1, 0.15) is 5.82 Å². The Morgan fingerprint density at radius 3 is 2.28 bits per heavy atom. The standard InChI is InChI=1S/C21H14F3N3O5/c1-31-14-4-2-3-5-15(14)32-13-7-6-10(21(22,23)24)8-12(13)27-16(28)9-11-17(18(27)25)20(30)26-19(11)29/h2-9H,25H2,1H3,(H,26,29,30). The van der Waals surface area contributed by atoms with E-state index < -0.39 is 34.9 Å². The summed E-state index contributed by atoms with van der Waals surface area (Å²) in [7, 11) is 1.38. The van der Waals surface area contributed by atoms with Gasteiger partial charge in [-0.2, -0.15) is 13.2 Å². The molecule has 1 aliphatic heterocycles. The molecule has 0 aliphatic carbocycles. The Morgan fingerprint density at radius 2 is 1.62 bits per heavy atom. The Bertz CT molecular complexity index is 1330. The van der Waals surface area contributed by atoms with Crippen molar-refractivity contribution in [3.8, 4) is 22.9 Å². The number of benzene rings is 2. The SMILES string of the molecule is COc1ccccc1Oc1ccc(C(F)(F)F)cc1-n1c(N)c2c(cc1=O)C(=O)NC2=O. The van der Waals surface area contributed by atoms with Gasteiger partial charge in [-0.1, -0.05) is 12.1 Å². The molecule has 0 spiro atoms. The van der Waals surface area contributed by atoms with Crippen LogP contribution in [0.25, 0.3) is 5.69 Å². The first kappa shape index (κ1) is 21.0. The molecule has 2 heterocycles. The summed E-state index contributed by atoms with van der Waals surface area (Å²) in [4.78, 5) is 36.8. The molecule has 1 aliphatic rings. The fraction of sp³-hybridized carbons (Fsp3) is 0.0952. The molecule has 0 bridgehead atoms. The number of nitrogens with one attached hydrogen (secondary N) is 1. The lowest BCUT2D eigenvalue weighted by atomic mass is 10.1. The van der Waals surface area contributed by atoms with E-state index in [-0.39, 0.29) is 34.1 Å². The number of hydrogen-bond acceptors (Lipinski definition) is 6. The van der Waals surface area contributed by atoms with Crippen LogP contribution in [0.4, 0.5) is 19.0 Å². The van der Waals surface area contributed by atoms with Crippen molar-refractivity contribution in [1.29, 1.82) is 0 Å². The number of nitrogen functional groups attached to an aromatic ring is 1. The molecule has 2 aromatic carbocycles. The lowest BCUT2D eigenvalue weighted by molar-refractivity contribution is -0.137. The van der Waals surface area contributed by atoms with Crippen LogP contribution in [0.3, 0.4) is 0 Å². The zero-order chi connectivity index (χ0) is 23.2. The van der Waals surface area contributed by atoms with E-state index in [0.29, 0.717) is 10.6 Å². The smallest absolute Gasteiger partial charge is 0.416 e. The maximum Gasteiger partial charge on any atom is 0.416 e. The molecule has 0 saturated heterocycles. The number of pyridine rings is 1. The van der Waals surface area contributed by atoms with E-state index in [0.717, 1.165) is 18.2 Å². The molecule has 3 aromatic rings. The molecule has 0 atom stereocenters. The first-order chi connectivity index (χ1) is 15.1. The van der Waals surface area contributed by atoms with Crippen LogP contribution in [-0.2, 0) is 6.18 Å². The third-order valence-electron chi connectivity index (χ3n) is 4.77. The highest BCUT2D eigenvalue weighted by Crippen LogP contribution is 2.39. The largest absolute Gasteiger partial charge is 0.493 e. The van der Waals surface area contributed by atoms with Crippen molar-refractivity contribution in [1.82, 2.24) is 9.88 Å². The van der Waals surface area contributed by atoms with Crippen LogP contribution in [0.15, 0.2) is 53.3 Å². The number of aromatic nitrogens is 1. The molecular formula is C21H14F3N3O5. The fourth-order valence-electron chi connectivity index (χ4n) is 3.30. The lowest BCUT2D eigenvalue weighted by Crippen LogP contribution is -2.25. The zero-order valence-electron chi connectivity index (χ0n) is 16.3. The summed E-state index contributed by atoms with van der Waals surface area (Å²) >= 11 is 0. The van der Waals surface area contributed by atoms with Gasteiger partial charge in [0.05, 0.1) is 29.5 Å². The Balaban J connectivity index is 1.97. The van der Waals surface area contributed by atoms with Crippen LogP contribution in [0.1, 0.15) is 26.3 Å². The van der Waals surface area contributed by atoms with Gasteiger partial charge < -0.3 is 15.2 Å². The number of amides is 2. The number of hydrogen-bond donors (Lipinski definition) is 2. The summed E-state index contributed by atoms with van der Waals surface area (Å²) in [5.41, 5.74) is 3.05. The summed E-state index contributed by atoms with van der Waals surface area (Å²) in [6, 6.07) is 9.67. The summed E-state index contributed by atoms with van der Waals surface area (Å²) in [6.45, 7) is 0. The second-order valence-electron chi connectivity index (χ2n) is 6.71. The number of methoxy groups -OCH3 is 1. The van der Waals surface area contributed by atoms with Gasteiger partial charge in [-0.25, -0.2) is 0 Å². The molecule has 4 rings (SSSR count). The summed E-state index contributed by atoms with van der Waals surface area (Å²) in [6.07, 6.45) is -4.74. The first-order valence-corrected chi connectivity index (χ1v) is 9.05. The van der Waals surface area contributed by atoms with E-state index in [1.54, 1.807) is 18.2 Å². The van der Waals surface area contributed by atoms with Gasteiger partial charge >= 0.3 is 6.18 Å². The maximum absolute atomic E-state index is 13.4. The van der Waals surface area contributed by atoms with E-state index in [2.05, 4.69) is 0 Å². The molecular weight excluding hydrogens is 431 g/mol. The molecule has 2 amide bonds. The molecule has 11 heteroatoms. The minimum atomic E-state index is -4.74. The minimum absolute atomic E-state index is 0.164. The van der Waals surface area contributed by atoms with Gasteiger partial charge in [-0.05, 0) is 30.3 Å². The summed E-state index contributed by atoms with van der Waals surface area (Å²) in [5, 5.41) is 2.00. The summed E-state index contributed by atoms with van der Waals surface area (Å²) < 4.78 is 51.9. The Morgan fingerprint density at radius 1 is 0.938 bits per heavy atom. The Hall–Kier alpha value is -4.28. The number of imide groups is 1. The molecule has 164 valence electrons. The fourth-order valence-corrected chi connectivity index (χ4v) is 3.30. The van der Waals surface area contributed by atoms with Gasteiger partial charge in [0.15, 0.2) is 17.2 Å². The third kappa shape index (κ3) is 3.43. The average molecular weight is 445 g/mol. The highest BCUT2D eigenvalue weighted by atomic mass is 19.4. The zero-order valence-corrected chi connectivity index (χ0v) is 16.3. The van der Waals surface area contributed by atoms with E-state index in [4.69, 9.17) is 15.2 Å². The van der Waals surface area contributed by atoms with E-state index >= 15 is 0 Å². The maximum atomic E-state index is 13.4. The molecule has 8 nitrogen and oxygen atoms in total. The van der Waals surface area contributed by atoms with Gasteiger partial charge in [0, 0.05) is 6.07 Å². The predicted octanol–water partition coefficient (Wildman–Crippen LogP) is 3.12. The molecule has 3 N–H and O–H groups in total. The summed E-state index contributed by atoms with van der Waals surface area (Å²) in [5.74, 6) is -1.90. The highest BCUT2D eigenvalue weighted by molar-refractivity contribution is 6.23. The number of fused-ring (bicyclic) bond motifs is 1. The monoisotopic (exact) mass is 445 g/mol. The van der Waals surface area contributed by atoms with Crippen LogP contribution >= 0.6 is 0 Å². The number of para-hydroxylation sites is 2. The van der Waals surface area contributed by atoms with Crippen molar-refractivity contribution in [2.45, 2.75) is 6.18 Å². The van der Waals surface area contributed by atoms with E-state index in [1.165, 1.54) is 13.2 Å². The lowest BCUT2D eigenvalue weighted by Gasteiger charge is -2.19. The Labute approximate surface area is 178 Å². The first-order valence-electron chi connectivity index (χ1n) is 9.05. The molecule has 32 heavy (non-hydrogen) atoms. The van der Waals surface area contributed by atoms with Crippen molar-refractivity contribution in [3.63, 3.8) is 0 Å². The van der Waals surface area contributed by atoms with Crippen LogP contribution in [0, 0.1) is 0 Å². The van der Waals surface area contributed by atoms with E-state index in [9.17, 15) is 27.6 Å². The molecule has 0 fully saturated rings. The van der Waals surface area contributed by atoms with Crippen molar-refractivity contribution >= 4 is 17.6 Å². The van der Waals surface area contributed by atoms with Crippen molar-refractivity contribution < 1.29 is 32.2 Å². The van der Waals surface area contributed by atoms with Gasteiger partial charge in [0.25, 0.3) is 17.4 Å². The second-order valence-corrected chi connectivity index (χ2v) is 6.71. The van der Waals surface area contributed by atoms with Crippen molar-refractivity contribution in [2.75, 3.05) is 12.8 Å². The average Bonchev–Trinajstić information content (AvgIpc) is 3.02. The number of ether oxygens (including phenoxy) is 2. The van der Waals surface area contributed by atoms with Crippen molar-refractivity contribution in [3.05, 3.63) is 75.6 Å². The van der Waals surface area contributed by atoms with Gasteiger partial charge in [-0.15, -0.1) is 0 Å². The van der Waals surface area contributed by atoms with Crippen LogP contribution in [-0.4, -0.2) is 23.5 Å². The topological polar surface area (TPSA) is 113 Å². The van der Waals surface area contributed by atoms with Crippen LogP contribution in [0.5, 0.6) is 17.2 Å². The quantitative estimate of drug-likeness (QED) is 0.597. The van der Waals surface area contributed by atoms with Crippen molar-refractivity contribution in [2.24, 2.45) is 0 Å². The molecule has 0 radical (unpaired) electrons. The molecule has 0 saturated carbocycles. The second kappa shape index (κ2) is 7.45. The number of anilines is 1. The Kier molecular flexibility index (Phi) is 4.88. The van der Waals surface area contributed by atoms with E-state index in [1.807, 2.05) is 5.32 Å². The highest BCUT2D eigenvalue weighted by Gasteiger charge is 2.34. The minimum Gasteiger partial charge on any atom is -0.493 e. The normalized spacial score (nSPS) is 13.0. The van der Waals surface area contributed by atoms with Crippen LogP contribution in [0.2, 0.25) is 0 Å². The number of halogens is 3. The number of alkyl halides is 3. The third-order valence-corrected chi connectivity index (χ3v) is 4.77. The molecule has 1 aromatic heterocycles. The number of carbonyl (C=O) groups is 2. The van der Waals surface area contributed by atoms with Gasteiger partial charge in [0.2, 0.25) is 0 Å². The molecule has 0 unspecified atom stereocenters. The number of nitrogens with zero attached hydrogens (tertiary/aromatic N) is 1. The van der Waals surface area contributed by atoms with Crippen LogP contribution < -0.4 is 26.1 Å². The number of rotatable bonds is 4. The predicted molar refractivity (Wildman–Crippen MR) is 106 cm³/mol. The van der Waals surface area contributed by atoms with Gasteiger partial charge in [-0.3, -0.25) is 24.3 Å². The number of nitrogens with two attached hydrogens (primary N) is 1. The number of carbonyl (C=O) groups excluding carboxylic acids is 2.